The van der Waals surface area contributed by atoms with Crippen LogP contribution in [0, 0.1) is 24.6 Å². The molecule has 0 aliphatic heterocycles. The van der Waals surface area contributed by atoms with Gasteiger partial charge in [0.1, 0.15) is 11.4 Å². The van der Waals surface area contributed by atoms with E-state index in [1.54, 1.807) is 38.3 Å². The second-order valence-electron chi connectivity index (χ2n) is 7.83. The van der Waals surface area contributed by atoms with Gasteiger partial charge in [-0.3, -0.25) is 4.79 Å². The summed E-state index contributed by atoms with van der Waals surface area (Å²) >= 11 is 12.2. The summed E-state index contributed by atoms with van der Waals surface area (Å²) in [7, 11) is 0. The summed E-state index contributed by atoms with van der Waals surface area (Å²) in [6, 6.07) is 7.95. The van der Waals surface area contributed by atoms with E-state index in [1.165, 1.54) is 24.3 Å². The summed E-state index contributed by atoms with van der Waals surface area (Å²) in [5, 5.41) is 10.5. The second kappa shape index (κ2) is 11.0. The minimum absolute atomic E-state index is 0.0107. The van der Waals surface area contributed by atoms with Gasteiger partial charge < -0.3 is 14.4 Å². The fraction of sp³-hybridized carbons (Fsp3) is 0.222. The highest BCUT2D eigenvalue weighted by atomic mass is 35.5. The van der Waals surface area contributed by atoms with Gasteiger partial charge in [-0.15, -0.1) is 5.92 Å². The Morgan fingerprint density at radius 2 is 1.86 bits per heavy atom. The topological polar surface area (TPSA) is 85.6 Å². The van der Waals surface area contributed by atoms with Crippen LogP contribution in [0.5, 0.6) is 0 Å². The van der Waals surface area contributed by atoms with Crippen LogP contribution < -0.4 is 5.43 Å². The highest BCUT2D eigenvalue weighted by molar-refractivity contribution is 6.42. The van der Waals surface area contributed by atoms with E-state index in [-0.39, 0.29) is 39.0 Å². The molecule has 1 heterocycles. The minimum atomic E-state index is -1.49. The number of carboxylic acids is 1. The van der Waals surface area contributed by atoms with Crippen molar-refractivity contribution in [3.63, 3.8) is 0 Å². The SMILES string of the molecule is CC#CC(C)OC(=O)c1ccc(F)c(-c2c(C)n(CC)c(-c3ccc(Cl)c(Cl)c3)c(C(=O)O)c2=O)c1. The van der Waals surface area contributed by atoms with Crippen molar-refractivity contribution >= 4 is 35.1 Å². The van der Waals surface area contributed by atoms with Crippen LogP contribution in [-0.2, 0) is 11.3 Å². The maximum Gasteiger partial charge on any atom is 0.341 e. The maximum absolute atomic E-state index is 15.0. The lowest BCUT2D eigenvalue weighted by atomic mass is 9.95. The van der Waals surface area contributed by atoms with Crippen LogP contribution in [0.3, 0.4) is 0 Å². The first-order valence-corrected chi connectivity index (χ1v) is 11.7. The number of rotatable bonds is 6. The molecule has 1 unspecified atom stereocenters. The third kappa shape index (κ3) is 5.15. The van der Waals surface area contributed by atoms with Crippen molar-refractivity contribution in [3.05, 3.63) is 79.3 Å². The van der Waals surface area contributed by atoms with Gasteiger partial charge in [0, 0.05) is 23.4 Å². The molecule has 3 aromatic rings. The molecule has 0 radical (unpaired) electrons. The number of carbonyl (C=O) groups excluding carboxylic acids is 1. The summed E-state index contributed by atoms with van der Waals surface area (Å²) in [5.41, 5.74) is -1.09. The van der Waals surface area contributed by atoms with Crippen molar-refractivity contribution < 1.29 is 23.8 Å². The minimum Gasteiger partial charge on any atom is -0.477 e. The molecule has 0 spiro atoms. The standard InChI is InChI=1S/C27H22Cl2FNO5/c1-5-7-14(3)36-27(35)17-9-11-21(30)18(12-17)22-15(4)31(6-2)24(23(25(22)32)26(33)34)16-8-10-19(28)20(29)13-16/h8-14H,6H2,1-4H3,(H,33,34). The zero-order valence-corrected chi connectivity index (χ0v) is 21.4. The zero-order chi connectivity index (χ0) is 26.7. The van der Waals surface area contributed by atoms with E-state index < -0.39 is 34.9 Å². The average Bonchev–Trinajstić information content (AvgIpc) is 2.81. The first kappa shape index (κ1) is 27.0. The number of hydrogen-bond acceptors (Lipinski definition) is 4. The fourth-order valence-corrected chi connectivity index (χ4v) is 4.29. The lowest BCUT2D eigenvalue weighted by Gasteiger charge is -2.21. The monoisotopic (exact) mass is 529 g/mol. The Kier molecular flexibility index (Phi) is 8.24. The summed E-state index contributed by atoms with van der Waals surface area (Å²) in [4.78, 5) is 38.5. The molecular formula is C27H22Cl2FNO5. The third-order valence-electron chi connectivity index (χ3n) is 5.55. The number of carboxylic acid groups (broad SMARTS) is 1. The van der Waals surface area contributed by atoms with Crippen molar-refractivity contribution in [3.8, 4) is 34.2 Å². The summed E-state index contributed by atoms with van der Waals surface area (Å²) in [5.74, 6) is 2.27. The lowest BCUT2D eigenvalue weighted by molar-refractivity contribution is 0.0438. The zero-order valence-electron chi connectivity index (χ0n) is 19.9. The van der Waals surface area contributed by atoms with Crippen LogP contribution in [0.4, 0.5) is 4.39 Å². The molecule has 1 atom stereocenters. The van der Waals surface area contributed by atoms with Crippen LogP contribution in [0.15, 0.2) is 41.2 Å². The number of benzene rings is 2. The predicted octanol–water partition coefficient (Wildman–Crippen LogP) is 6.22. The quantitative estimate of drug-likeness (QED) is 0.302. The molecule has 0 aliphatic rings. The Morgan fingerprint density at radius 1 is 1.17 bits per heavy atom. The van der Waals surface area contributed by atoms with E-state index in [0.29, 0.717) is 11.3 Å². The number of pyridine rings is 1. The molecule has 6 nitrogen and oxygen atoms in total. The molecule has 9 heteroatoms. The number of carbonyl (C=O) groups is 2. The van der Waals surface area contributed by atoms with Gasteiger partial charge in [-0.2, -0.15) is 0 Å². The normalized spacial score (nSPS) is 11.4. The summed E-state index contributed by atoms with van der Waals surface area (Å²) < 4.78 is 21.9. The highest BCUT2D eigenvalue weighted by Gasteiger charge is 2.27. The largest absolute Gasteiger partial charge is 0.477 e. The van der Waals surface area contributed by atoms with Gasteiger partial charge >= 0.3 is 11.9 Å². The van der Waals surface area contributed by atoms with Crippen molar-refractivity contribution in [2.45, 2.75) is 40.3 Å². The van der Waals surface area contributed by atoms with Gasteiger partial charge in [0.2, 0.25) is 5.43 Å². The number of hydrogen-bond donors (Lipinski definition) is 1. The lowest BCUT2D eigenvalue weighted by Crippen LogP contribution is -2.25. The molecule has 1 N–H and O–H groups in total. The van der Waals surface area contributed by atoms with E-state index in [1.807, 2.05) is 0 Å². The van der Waals surface area contributed by atoms with Gasteiger partial charge in [0.05, 0.1) is 26.9 Å². The number of nitrogens with zero attached hydrogens (tertiary/aromatic N) is 1. The van der Waals surface area contributed by atoms with Crippen molar-refractivity contribution in [1.29, 1.82) is 0 Å². The van der Waals surface area contributed by atoms with Crippen LogP contribution in [0.25, 0.3) is 22.4 Å². The first-order chi connectivity index (χ1) is 17.0. The Balaban J connectivity index is 2.32. The van der Waals surface area contributed by atoms with E-state index in [9.17, 15) is 19.5 Å². The molecule has 36 heavy (non-hydrogen) atoms. The second-order valence-corrected chi connectivity index (χ2v) is 8.64. The number of halogens is 3. The molecule has 0 bridgehead atoms. The van der Waals surface area contributed by atoms with Crippen LogP contribution in [-0.4, -0.2) is 27.7 Å². The van der Waals surface area contributed by atoms with Gasteiger partial charge in [-0.25, -0.2) is 14.0 Å². The molecular weight excluding hydrogens is 508 g/mol. The summed E-state index contributed by atoms with van der Waals surface area (Å²) in [6.45, 7) is 6.78. The first-order valence-electron chi connectivity index (χ1n) is 10.9. The van der Waals surface area contributed by atoms with Crippen molar-refractivity contribution in [1.82, 2.24) is 4.57 Å². The highest BCUT2D eigenvalue weighted by Crippen LogP contribution is 2.34. The van der Waals surface area contributed by atoms with Gasteiger partial charge in [-0.1, -0.05) is 35.2 Å². The Bertz CT molecular complexity index is 1500. The molecule has 0 saturated carbocycles. The molecule has 3 rings (SSSR count). The van der Waals surface area contributed by atoms with E-state index in [2.05, 4.69) is 11.8 Å². The third-order valence-corrected chi connectivity index (χ3v) is 6.29. The predicted molar refractivity (Wildman–Crippen MR) is 137 cm³/mol. The molecule has 0 fully saturated rings. The number of esters is 1. The number of aromatic carboxylic acids is 1. The van der Waals surface area contributed by atoms with Crippen LogP contribution in [0.1, 0.15) is 47.2 Å². The average molecular weight is 530 g/mol. The van der Waals surface area contributed by atoms with Crippen molar-refractivity contribution in [2.75, 3.05) is 0 Å². The van der Waals surface area contributed by atoms with E-state index in [0.717, 1.165) is 6.07 Å². The molecule has 0 amide bonds. The fourth-order valence-electron chi connectivity index (χ4n) is 3.99. The van der Waals surface area contributed by atoms with Crippen molar-refractivity contribution in [2.24, 2.45) is 0 Å². The Labute approximate surface area is 217 Å². The molecule has 186 valence electrons. The molecule has 0 aliphatic carbocycles. The Hall–Kier alpha value is -3.60. The van der Waals surface area contributed by atoms with E-state index in [4.69, 9.17) is 27.9 Å². The Morgan fingerprint density at radius 3 is 2.44 bits per heavy atom. The molecule has 0 saturated heterocycles. The molecule has 2 aromatic carbocycles. The number of aromatic nitrogens is 1. The van der Waals surface area contributed by atoms with Crippen LogP contribution in [0.2, 0.25) is 10.0 Å². The van der Waals surface area contributed by atoms with E-state index >= 15 is 4.39 Å². The van der Waals surface area contributed by atoms with Gasteiger partial charge in [-0.05, 0) is 58.0 Å². The summed E-state index contributed by atoms with van der Waals surface area (Å²) in [6.07, 6.45) is -0.695. The molecule has 1 aromatic heterocycles. The maximum atomic E-state index is 15.0. The van der Waals surface area contributed by atoms with Gasteiger partial charge in [0.25, 0.3) is 0 Å². The number of ether oxygens (including phenoxy) is 1. The van der Waals surface area contributed by atoms with Gasteiger partial charge in [0.15, 0.2) is 6.10 Å². The van der Waals surface area contributed by atoms with Crippen LogP contribution >= 0.6 is 23.2 Å². The smallest absolute Gasteiger partial charge is 0.341 e.